The van der Waals surface area contributed by atoms with Crippen LogP contribution in [0, 0.1) is 0 Å². The predicted octanol–water partition coefficient (Wildman–Crippen LogP) is 3.25. The third-order valence-electron chi connectivity index (χ3n) is 2.07. The minimum absolute atomic E-state index is 0.0876. The standard InChI is InChI=1S/C11H16ClNOS/c1-2-3-4-7-13-11(14)8-9-5-6-10(12)15-9/h5-6H,2-4,7-8H2,1H3,(H,13,14). The zero-order chi connectivity index (χ0) is 11.1. The minimum Gasteiger partial charge on any atom is -0.356 e. The van der Waals surface area contributed by atoms with Gasteiger partial charge in [-0.05, 0) is 18.6 Å². The Morgan fingerprint density at radius 1 is 1.47 bits per heavy atom. The van der Waals surface area contributed by atoms with Crippen molar-refractivity contribution in [1.29, 1.82) is 0 Å². The Labute approximate surface area is 99.6 Å². The molecule has 0 aliphatic rings. The molecule has 1 amide bonds. The topological polar surface area (TPSA) is 29.1 Å². The zero-order valence-corrected chi connectivity index (χ0v) is 10.5. The van der Waals surface area contributed by atoms with Gasteiger partial charge >= 0.3 is 0 Å². The molecular weight excluding hydrogens is 230 g/mol. The summed E-state index contributed by atoms with van der Waals surface area (Å²) in [5.74, 6) is 0.0876. The first kappa shape index (κ1) is 12.5. The molecule has 1 N–H and O–H groups in total. The molecule has 0 saturated carbocycles. The number of amides is 1. The van der Waals surface area contributed by atoms with Crippen molar-refractivity contribution in [1.82, 2.24) is 5.32 Å². The summed E-state index contributed by atoms with van der Waals surface area (Å²) in [6.45, 7) is 2.93. The SMILES string of the molecule is CCCCCNC(=O)Cc1ccc(Cl)s1. The van der Waals surface area contributed by atoms with Crippen molar-refractivity contribution in [2.24, 2.45) is 0 Å². The van der Waals surface area contributed by atoms with E-state index in [9.17, 15) is 4.79 Å². The van der Waals surface area contributed by atoms with Crippen LogP contribution in [0.15, 0.2) is 12.1 Å². The van der Waals surface area contributed by atoms with Gasteiger partial charge in [-0.1, -0.05) is 31.4 Å². The van der Waals surface area contributed by atoms with Gasteiger partial charge in [-0.3, -0.25) is 4.79 Å². The molecule has 2 nitrogen and oxygen atoms in total. The van der Waals surface area contributed by atoms with Crippen molar-refractivity contribution in [3.05, 3.63) is 21.3 Å². The third-order valence-corrected chi connectivity index (χ3v) is 3.30. The van der Waals surface area contributed by atoms with Gasteiger partial charge in [0.15, 0.2) is 0 Å². The monoisotopic (exact) mass is 245 g/mol. The van der Waals surface area contributed by atoms with E-state index in [1.165, 1.54) is 24.2 Å². The van der Waals surface area contributed by atoms with E-state index in [2.05, 4.69) is 12.2 Å². The molecule has 4 heteroatoms. The van der Waals surface area contributed by atoms with Crippen LogP contribution in [0.1, 0.15) is 31.1 Å². The van der Waals surface area contributed by atoms with Crippen molar-refractivity contribution in [2.75, 3.05) is 6.54 Å². The van der Waals surface area contributed by atoms with Crippen LogP contribution in [0.25, 0.3) is 0 Å². The fraction of sp³-hybridized carbons (Fsp3) is 0.545. The molecule has 1 aromatic rings. The van der Waals surface area contributed by atoms with Gasteiger partial charge in [-0.15, -0.1) is 11.3 Å². The average Bonchev–Trinajstić information content (AvgIpc) is 2.59. The average molecular weight is 246 g/mol. The largest absolute Gasteiger partial charge is 0.356 e. The Balaban J connectivity index is 2.18. The summed E-state index contributed by atoms with van der Waals surface area (Å²) in [4.78, 5) is 12.5. The van der Waals surface area contributed by atoms with Crippen molar-refractivity contribution in [3.63, 3.8) is 0 Å². The van der Waals surface area contributed by atoms with Crippen LogP contribution in [0.3, 0.4) is 0 Å². The second-order valence-electron chi connectivity index (χ2n) is 3.44. The summed E-state index contributed by atoms with van der Waals surface area (Å²) in [5.41, 5.74) is 0. The number of carbonyl (C=O) groups excluding carboxylic acids is 1. The maximum atomic E-state index is 11.4. The normalized spacial score (nSPS) is 10.3. The molecule has 0 fully saturated rings. The lowest BCUT2D eigenvalue weighted by atomic mass is 10.2. The van der Waals surface area contributed by atoms with Crippen LogP contribution >= 0.6 is 22.9 Å². The lowest BCUT2D eigenvalue weighted by molar-refractivity contribution is -0.120. The lowest BCUT2D eigenvalue weighted by Crippen LogP contribution is -2.25. The van der Waals surface area contributed by atoms with Crippen LogP contribution in [0.2, 0.25) is 4.34 Å². The highest BCUT2D eigenvalue weighted by Crippen LogP contribution is 2.21. The minimum atomic E-state index is 0.0876. The predicted molar refractivity (Wildman–Crippen MR) is 65.6 cm³/mol. The highest BCUT2D eigenvalue weighted by molar-refractivity contribution is 7.16. The number of halogens is 1. The second kappa shape index (κ2) is 6.85. The number of nitrogens with one attached hydrogen (secondary N) is 1. The second-order valence-corrected chi connectivity index (χ2v) is 5.24. The number of thiophene rings is 1. The molecule has 0 radical (unpaired) electrons. The number of carbonyl (C=O) groups is 1. The molecule has 0 aliphatic carbocycles. The van der Waals surface area contributed by atoms with E-state index in [1.807, 2.05) is 12.1 Å². The van der Waals surface area contributed by atoms with E-state index >= 15 is 0 Å². The molecule has 0 saturated heterocycles. The molecule has 84 valence electrons. The van der Waals surface area contributed by atoms with E-state index in [4.69, 9.17) is 11.6 Å². The summed E-state index contributed by atoms with van der Waals surface area (Å²) in [7, 11) is 0. The van der Waals surface area contributed by atoms with Crippen molar-refractivity contribution in [2.45, 2.75) is 32.6 Å². The summed E-state index contributed by atoms with van der Waals surface area (Å²) in [5, 5.41) is 2.90. The van der Waals surface area contributed by atoms with E-state index in [-0.39, 0.29) is 5.91 Å². The fourth-order valence-electron chi connectivity index (χ4n) is 1.27. The van der Waals surface area contributed by atoms with Gasteiger partial charge in [0.1, 0.15) is 0 Å². The molecule has 0 aromatic carbocycles. The van der Waals surface area contributed by atoms with Crippen molar-refractivity contribution < 1.29 is 4.79 Å². The lowest BCUT2D eigenvalue weighted by Gasteiger charge is -2.02. The molecule has 0 atom stereocenters. The summed E-state index contributed by atoms with van der Waals surface area (Å²) < 4.78 is 0.740. The van der Waals surface area contributed by atoms with Crippen LogP contribution in [-0.2, 0) is 11.2 Å². The molecule has 0 bridgehead atoms. The molecule has 0 aliphatic heterocycles. The molecule has 1 aromatic heterocycles. The summed E-state index contributed by atoms with van der Waals surface area (Å²) in [6, 6.07) is 3.73. The van der Waals surface area contributed by atoms with Gasteiger partial charge < -0.3 is 5.32 Å². The van der Waals surface area contributed by atoms with E-state index < -0.39 is 0 Å². The molecule has 15 heavy (non-hydrogen) atoms. The highest BCUT2D eigenvalue weighted by Gasteiger charge is 2.04. The van der Waals surface area contributed by atoms with Crippen LogP contribution in [-0.4, -0.2) is 12.5 Å². The Morgan fingerprint density at radius 2 is 2.27 bits per heavy atom. The van der Waals surface area contributed by atoms with Crippen LogP contribution in [0.4, 0.5) is 0 Å². The van der Waals surface area contributed by atoms with Gasteiger partial charge in [0.05, 0.1) is 10.8 Å². The van der Waals surface area contributed by atoms with Crippen LogP contribution < -0.4 is 5.32 Å². The highest BCUT2D eigenvalue weighted by atomic mass is 35.5. The maximum Gasteiger partial charge on any atom is 0.225 e. The molecular formula is C11H16ClNOS. The first-order chi connectivity index (χ1) is 7.22. The molecule has 0 spiro atoms. The van der Waals surface area contributed by atoms with Crippen molar-refractivity contribution >= 4 is 28.8 Å². The van der Waals surface area contributed by atoms with Gasteiger partial charge in [0.2, 0.25) is 5.91 Å². The van der Waals surface area contributed by atoms with Gasteiger partial charge in [-0.25, -0.2) is 0 Å². The zero-order valence-electron chi connectivity index (χ0n) is 8.88. The van der Waals surface area contributed by atoms with E-state index in [1.54, 1.807) is 0 Å². The Morgan fingerprint density at radius 3 is 2.87 bits per heavy atom. The van der Waals surface area contributed by atoms with E-state index in [0.717, 1.165) is 22.2 Å². The van der Waals surface area contributed by atoms with Gasteiger partial charge in [0.25, 0.3) is 0 Å². The van der Waals surface area contributed by atoms with E-state index in [0.29, 0.717) is 6.42 Å². The van der Waals surface area contributed by atoms with Gasteiger partial charge in [-0.2, -0.15) is 0 Å². The smallest absolute Gasteiger partial charge is 0.225 e. The van der Waals surface area contributed by atoms with Gasteiger partial charge in [0, 0.05) is 11.4 Å². The number of rotatable bonds is 6. The Bertz CT molecular complexity index is 311. The van der Waals surface area contributed by atoms with Crippen molar-refractivity contribution in [3.8, 4) is 0 Å². The Hall–Kier alpha value is -0.540. The quantitative estimate of drug-likeness (QED) is 0.766. The number of hydrogen-bond donors (Lipinski definition) is 1. The fourth-order valence-corrected chi connectivity index (χ4v) is 2.36. The number of unbranched alkanes of at least 4 members (excludes halogenated alkanes) is 2. The molecule has 0 unspecified atom stereocenters. The first-order valence-corrected chi connectivity index (χ1v) is 6.42. The van der Waals surface area contributed by atoms with Crippen LogP contribution in [0.5, 0.6) is 0 Å². The summed E-state index contributed by atoms with van der Waals surface area (Å²) >= 11 is 7.24. The number of hydrogen-bond acceptors (Lipinski definition) is 2. The summed E-state index contributed by atoms with van der Waals surface area (Å²) in [6.07, 6.45) is 3.86. The maximum absolute atomic E-state index is 11.4. The molecule has 1 rings (SSSR count). The molecule has 1 heterocycles. The Kier molecular flexibility index (Phi) is 5.73. The first-order valence-electron chi connectivity index (χ1n) is 5.23. The third kappa shape index (κ3) is 5.19.